The largest absolute Gasteiger partial charge is 0.465 e. The fourth-order valence-corrected chi connectivity index (χ4v) is 7.56. The highest BCUT2D eigenvalue weighted by atomic mass is 16.6. The molecular weight excluding hydrogens is 608 g/mol. The van der Waals surface area contributed by atoms with Crippen LogP contribution in [0.2, 0.25) is 0 Å². The molecule has 3 aliphatic rings. The van der Waals surface area contributed by atoms with Crippen molar-refractivity contribution < 1.29 is 33.3 Å². The molecule has 2 aliphatic carbocycles. The summed E-state index contributed by atoms with van der Waals surface area (Å²) in [5.41, 5.74) is 2.53. The zero-order chi connectivity index (χ0) is 34.3. The molecule has 0 N–H and O–H groups in total. The van der Waals surface area contributed by atoms with E-state index in [0.29, 0.717) is 36.8 Å². The van der Waals surface area contributed by atoms with Gasteiger partial charge in [0.2, 0.25) is 0 Å². The fourth-order valence-electron chi connectivity index (χ4n) is 7.56. The third kappa shape index (κ3) is 8.23. The van der Waals surface area contributed by atoms with E-state index in [-0.39, 0.29) is 18.7 Å². The number of esters is 3. The lowest BCUT2D eigenvalue weighted by molar-refractivity contribution is -0.153. The SMILES string of the molecule is CCCCCCC(=O)OC[C@]12CCC(=C(C)C)[C@@H]1[C@H](OC(=O)c1cccnc1)C[C@]1(C)O[C@H]1CC/C(C)=C/[C@@H]2OC(=O)c1cccnc1. The summed E-state index contributed by atoms with van der Waals surface area (Å²) in [5.74, 6) is -1.70. The smallest absolute Gasteiger partial charge is 0.340 e. The molecule has 0 radical (unpaired) electrons. The first-order valence-corrected chi connectivity index (χ1v) is 17.5. The van der Waals surface area contributed by atoms with Crippen molar-refractivity contribution in [3.63, 3.8) is 0 Å². The van der Waals surface area contributed by atoms with Crippen LogP contribution in [-0.4, -0.2) is 58.4 Å². The number of carbonyl (C=O) groups is 3. The molecule has 2 aromatic heterocycles. The van der Waals surface area contributed by atoms with Crippen LogP contribution in [0.5, 0.6) is 0 Å². The molecule has 3 heterocycles. The number of hydrogen-bond donors (Lipinski definition) is 0. The minimum Gasteiger partial charge on any atom is -0.465 e. The van der Waals surface area contributed by atoms with E-state index in [4.69, 9.17) is 18.9 Å². The highest BCUT2D eigenvalue weighted by Crippen LogP contribution is 2.57. The zero-order valence-corrected chi connectivity index (χ0v) is 29.0. The molecule has 1 saturated carbocycles. The topological polar surface area (TPSA) is 117 Å². The summed E-state index contributed by atoms with van der Waals surface area (Å²) >= 11 is 0. The number of rotatable bonds is 11. The predicted octanol–water partition coefficient (Wildman–Crippen LogP) is 7.76. The van der Waals surface area contributed by atoms with Crippen molar-refractivity contribution in [2.24, 2.45) is 11.3 Å². The van der Waals surface area contributed by atoms with E-state index in [9.17, 15) is 14.4 Å². The number of carbonyl (C=O) groups excluding carboxylic acids is 3. The maximum absolute atomic E-state index is 13.8. The molecule has 1 saturated heterocycles. The van der Waals surface area contributed by atoms with E-state index in [1.54, 1.807) is 36.7 Å². The normalized spacial score (nSPS) is 29.3. The Morgan fingerprint density at radius 1 is 0.958 bits per heavy atom. The van der Waals surface area contributed by atoms with Gasteiger partial charge in [-0.15, -0.1) is 0 Å². The van der Waals surface area contributed by atoms with E-state index < -0.39 is 41.1 Å². The Labute approximate surface area is 284 Å². The van der Waals surface area contributed by atoms with Gasteiger partial charge >= 0.3 is 17.9 Å². The lowest BCUT2D eigenvalue weighted by Gasteiger charge is -2.43. The molecule has 5 rings (SSSR count). The standard InChI is InChI=1S/C39H50N2O7/c1-6-7-8-9-14-34(42)45-25-39-18-17-30(26(2)3)35(39)31(46-36(43)28-12-10-19-40-23-28)22-38(5)32(48-38)16-15-27(4)21-33(39)47-37(44)29-13-11-20-41-24-29/h10-13,19-21,23-24,31-33,35H,6-9,14-18,22,25H2,1-5H3/b27-21+/t31-,32+,33+,35-,38+,39+/m1/s1. The molecule has 0 bridgehead atoms. The Kier molecular flexibility index (Phi) is 11.5. The number of epoxide rings is 1. The van der Waals surface area contributed by atoms with Gasteiger partial charge in [0.15, 0.2) is 0 Å². The van der Waals surface area contributed by atoms with Gasteiger partial charge in [-0.3, -0.25) is 14.8 Å². The summed E-state index contributed by atoms with van der Waals surface area (Å²) in [4.78, 5) is 49.1. The number of fused-ring (bicyclic) bond motifs is 2. The van der Waals surface area contributed by atoms with Crippen LogP contribution in [-0.2, 0) is 23.7 Å². The molecule has 9 heteroatoms. The molecule has 1 aliphatic heterocycles. The quantitative estimate of drug-likeness (QED) is 0.0785. The highest BCUT2D eigenvalue weighted by molar-refractivity contribution is 5.89. The molecule has 258 valence electrons. The molecule has 0 unspecified atom stereocenters. The van der Waals surface area contributed by atoms with Crippen molar-refractivity contribution in [2.45, 2.75) is 123 Å². The van der Waals surface area contributed by atoms with Gasteiger partial charge in [0, 0.05) is 43.5 Å². The number of hydrogen-bond acceptors (Lipinski definition) is 9. The summed E-state index contributed by atoms with van der Waals surface area (Å²) in [6.45, 7) is 10.4. The van der Waals surface area contributed by atoms with E-state index in [0.717, 1.165) is 55.2 Å². The maximum atomic E-state index is 13.8. The van der Waals surface area contributed by atoms with Crippen LogP contribution in [0.1, 0.15) is 120 Å². The number of unbranched alkanes of at least 4 members (excludes halogenated alkanes) is 3. The second-order valence-corrected chi connectivity index (χ2v) is 14.1. The van der Waals surface area contributed by atoms with Crippen LogP contribution in [0.15, 0.2) is 71.8 Å². The maximum Gasteiger partial charge on any atom is 0.340 e. The average Bonchev–Trinajstić information content (AvgIpc) is 3.55. The Bertz CT molecular complexity index is 1500. The van der Waals surface area contributed by atoms with Crippen molar-refractivity contribution in [1.82, 2.24) is 9.97 Å². The minimum atomic E-state index is -0.921. The first-order valence-electron chi connectivity index (χ1n) is 17.5. The number of aromatic nitrogens is 2. The summed E-state index contributed by atoms with van der Waals surface area (Å²) < 4.78 is 25.4. The molecule has 2 aromatic rings. The minimum absolute atomic E-state index is 0.00171. The summed E-state index contributed by atoms with van der Waals surface area (Å²) in [7, 11) is 0. The Hall–Kier alpha value is -3.85. The van der Waals surface area contributed by atoms with Gasteiger partial charge in [0.05, 0.1) is 28.2 Å². The van der Waals surface area contributed by atoms with E-state index in [2.05, 4.69) is 37.7 Å². The second-order valence-electron chi connectivity index (χ2n) is 14.1. The third-order valence-corrected chi connectivity index (χ3v) is 10.3. The molecule has 0 spiro atoms. The number of nitrogens with zero attached hydrogens (tertiary/aromatic N) is 2. The first kappa shape index (κ1) is 35.5. The van der Waals surface area contributed by atoms with Crippen LogP contribution in [0.3, 0.4) is 0 Å². The lowest BCUT2D eigenvalue weighted by Crippen LogP contribution is -2.50. The lowest BCUT2D eigenvalue weighted by atomic mass is 9.68. The van der Waals surface area contributed by atoms with Crippen LogP contribution >= 0.6 is 0 Å². The summed E-state index contributed by atoms with van der Waals surface area (Å²) in [6, 6.07) is 6.77. The van der Waals surface area contributed by atoms with Crippen LogP contribution in [0.25, 0.3) is 0 Å². The molecule has 0 amide bonds. The van der Waals surface area contributed by atoms with Gasteiger partial charge in [0.25, 0.3) is 0 Å². The van der Waals surface area contributed by atoms with Crippen LogP contribution in [0, 0.1) is 11.3 Å². The highest BCUT2D eigenvalue weighted by Gasteiger charge is 2.61. The monoisotopic (exact) mass is 658 g/mol. The first-order chi connectivity index (χ1) is 23.1. The van der Waals surface area contributed by atoms with Gasteiger partial charge < -0.3 is 18.9 Å². The van der Waals surface area contributed by atoms with E-state index in [1.807, 2.05) is 13.0 Å². The fraction of sp³-hybridized carbons (Fsp3) is 0.564. The molecular formula is C39H50N2O7. The number of ether oxygens (including phenoxy) is 4. The van der Waals surface area contributed by atoms with Crippen molar-refractivity contribution in [3.8, 4) is 0 Å². The predicted molar refractivity (Wildman–Crippen MR) is 181 cm³/mol. The van der Waals surface area contributed by atoms with Gasteiger partial charge in [-0.2, -0.15) is 0 Å². The van der Waals surface area contributed by atoms with Gasteiger partial charge in [-0.05, 0) is 90.1 Å². The summed E-state index contributed by atoms with van der Waals surface area (Å²) in [6.07, 6.45) is 14.2. The van der Waals surface area contributed by atoms with Crippen molar-refractivity contribution in [2.75, 3.05) is 6.61 Å². The van der Waals surface area contributed by atoms with Crippen LogP contribution < -0.4 is 0 Å². The van der Waals surface area contributed by atoms with E-state index >= 15 is 0 Å². The zero-order valence-electron chi connectivity index (χ0n) is 29.0. The molecule has 2 fully saturated rings. The molecule has 48 heavy (non-hydrogen) atoms. The van der Waals surface area contributed by atoms with Gasteiger partial charge in [-0.25, -0.2) is 9.59 Å². The Morgan fingerprint density at radius 3 is 2.27 bits per heavy atom. The molecule has 9 nitrogen and oxygen atoms in total. The van der Waals surface area contributed by atoms with Crippen molar-refractivity contribution >= 4 is 17.9 Å². The Morgan fingerprint density at radius 2 is 1.65 bits per heavy atom. The van der Waals surface area contributed by atoms with Crippen molar-refractivity contribution in [1.29, 1.82) is 0 Å². The average molecular weight is 659 g/mol. The molecule has 6 atom stereocenters. The number of pyridine rings is 2. The van der Waals surface area contributed by atoms with Crippen molar-refractivity contribution in [3.05, 3.63) is 83.0 Å². The van der Waals surface area contributed by atoms with Gasteiger partial charge in [0.1, 0.15) is 18.8 Å². The second kappa shape index (κ2) is 15.6. The molecule has 0 aromatic carbocycles. The van der Waals surface area contributed by atoms with Crippen LogP contribution in [0.4, 0.5) is 0 Å². The Balaban J connectivity index is 1.61. The number of allylic oxidation sites excluding steroid dienone is 2. The van der Waals surface area contributed by atoms with E-state index in [1.165, 1.54) is 12.4 Å². The van der Waals surface area contributed by atoms with Gasteiger partial charge in [-0.1, -0.05) is 42.9 Å². The summed E-state index contributed by atoms with van der Waals surface area (Å²) in [5, 5.41) is 0. The third-order valence-electron chi connectivity index (χ3n) is 10.3.